The number of carbonyl (C=O) groups excluding carboxylic acids is 1. The molecule has 2 aromatic rings. The van der Waals surface area contributed by atoms with Crippen LogP contribution in [-0.2, 0) is 41.4 Å². The molecule has 0 bridgehead atoms. The van der Waals surface area contributed by atoms with E-state index < -0.39 is 27.1 Å². The number of anilines is 1. The van der Waals surface area contributed by atoms with Crippen molar-refractivity contribution in [3.8, 4) is 6.07 Å². The van der Waals surface area contributed by atoms with E-state index in [4.69, 9.17) is 14.2 Å². The molecule has 1 amide bonds. The van der Waals surface area contributed by atoms with Crippen molar-refractivity contribution in [3.63, 3.8) is 0 Å². The highest BCUT2D eigenvalue weighted by Crippen LogP contribution is 2.47. The van der Waals surface area contributed by atoms with Crippen LogP contribution in [0.4, 0.5) is 5.69 Å². The molecule has 0 radical (unpaired) electrons. The molecule has 1 atom stereocenters. The van der Waals surface area contributed by atoms with Crippen LogP contribution in [0.2, 0.25) is 0 Å². The minimum absolute atomic E-state index is 0.0811. The van der Waals surface area contributed by atoms with Gasteiger partial charge in [-0.2, -0.15) is 9.57 Å². The second-order valence-corrected chi connectivity index (χ2v) is 12.5. The normalized spacial score (nSPS) is 21.6. The Hall–Kier alpha value is -2.81. The molecule has 0 saturated carbocycles. The zero-order chi connectivity index (χ0) is 27.0. The van der Waals surface area contributed by atoms with Gasteiger partial charge >= 0.3 is 0 Å². The largest absolute Gasteiger partial charge is 0.375 e. The first kappa shape index (κ1) is 26.8. The van der Waals surface area contributed by atoms with Crippen molar-refractivity contribution in [2.45, 2.75) is 56.4 Å². The number of hydrogen-bond acceptors (Lipinski definition) is 7. The predicted molar refractivity (Wildman–Crippen MR) is 139 cm³/mol. The summed E-state index contributed by atoms with van der Waals surface area (Å²) >= 11 is 0. The zero-order valence-electron chi connectivity index (χ0n) is 21.8. The van der Waals surface area contributed by atoms with E-state index in [1.807, 2.05) is 30.3 Å². The second kappa shape index (κ2) is 10.4. The third-order valence-electron chi connectivity index (χ3n) is 7.25. The van der Waals surface area contributed by atoms with E-state index in [1.54, 1.807) is 19.9 Å². The third-order valence-corrected chi connectivity index (χ3v) is 9.19. The van der Waals surface area contributed by atoms with E-state index in [-0.39, 0.29) is 17.5 Å². The fourth-order valence-electron chi connectivity index (χ4n) is 5.29. The van der Waals surface area contributed by atoms with Gasteiger partial charge in [-0.3, -0.25) is 4.79 Å². The van der Waals surface area contributed by atoms with Gasteiger partial charge in [0.05, 0.1) is 48.5 Å². The average Bonchev–Trinajstić information content (AvgIpc) is 3.48. The topological polar surface area (TPSA) is 109 Å². The third kappa shape index (κ3) is 4.85. The summed E-state index contributed by atoms with van der Waals surface area (Å²) in [5.74, 6) is -2.13. The molecular weight excluding hydrogens is 506 g/mol. The molecule has 5 rings (SSSR count). The summed E-state index contributed by atoms with van der Waals surface area (Å²) < 4.78 is 46.9. The first-order valence-electron chi connectivity index (χ1n) is 13.0. The Morgan fingerprint density at radius 3 is 2.58 bits per heavy atom. The van der Waals surface area contributed by atoms with Crippen LogP contribution in [0.1, 0.15) is 44.2 Å². The smallest absolute Gasteiger partial charge is 0.292 e. The first-order valence-corrected chi connectivity index (χ1v) is 14.4. The summed E-state index contributed by atoms with van der Waals surface area (Å²) in [4.78, 5) is 15.2. The number of benzene rings is 2. The maximum Gasteiger partial charge on any atom is 0.292 e. The molecule has 2 saturated heterocycles. The molecule has 0 unspecified atom stereocenters. The predicted octanol–water partition coefficient (Wildman–Crippen LogP) is 3.54. The minimum atomic E-state index is -3.87. The van der Waals surface area contributed by atoms with Crippen molar-refractivity contribution in [1.82, 2.24) is 4.31 Å². The van der Waals surface area contributed by atoms with Gasteiger partial charge in [0, 0.05) is 24.7 Å². The van der Waals surface area contributed by atoms with Gasteiger partial charge in [0.15, 0.2) is 0 Å². The Balaban J connectivity index is 1.42. The van der Waals surface area contributed by atoms with Crippen molar-refractivity contribution in [3.05, 3.63) is 59.7 Å². The van der Waals surface area contributed by atoms with E-state index in [0.29, 0.717) is 57.1 Å². The maximum atomic E-state index is 13.8. The lowest BCUT2D eigenvalue weighted by molar-refractivity contribution is -0.256. The number of nitriles is 1. The summed E-state index contributed by atoms with van der Waals surface area (Å²) in [6.07, 6.45) is 2.09. The van der Waals surface area contributed by atoms with Gasteiger partial charge in [-0.05, 0) is 56.9 Å². The molecule has 0 aromatic heterocycles. The monoisotopic (exact) mass is 539 g/mol. The Kier molecular flexibility index (Phi) is 7.33. The van der Waals surface area contributed by atoms with Gasteiger partial charge < -0.3 is 19.1 Å². The molecule has 2 fully saturated rings. The summed E-state index contributed by atoms with van der Waals surface area (Å²) in [7, 11) is -3.87. The summed E-state index contributed by atoms with van der Waals surface area (Å²) in [6, 6.07) is 16.4. The quantitative estimate of drug-likeness (QED) is 0.505. The average molecular weight is 540 g/mol. The molecule has 1 spiro atoms. The highest BCUT2D eigenvalue weighted by molar-refractivity contribution is 7.89. The minimum Gasteiger partial charge on any atom is -0.375 e. The van der Waals surface area contributed by atoms with Gasteiger partial charge in [-0.25, -0.2) is 8.42 Å². The second-order valence-electron chi connectivity index (χ2n) is 10.6. The fraction of sp³-hybridized carbons (Fsp3) is 0.500. The number of ether oxygens (including phenoxy) is 3. The number of sulfonamides is 1. The van der Waals surface area contributed by atoms with Crippen LogP contribution in [-0.4, -0.2) is 57.6 Å². The maximum absolute atomic E-state index is 13.8. The number of hydrogen-bond donors (Lipinski definition) is 0. The Labute approximate surface area is 223 Å². The van der Waals surface area contributed by atoms with Gasteiger partial charge in [0.2, 0.25) is 10.0 Å². The molecule has 3 heterocycles. The first-order chi connectivity index (χ1) is 18.2. The van der Waals surface area contributed by atoms with Crippen LogP contribution in [0.15, 0.2) is 53.4 Å². The Bertz CT molecular complexity index is 1330. The lowest BCUT2D eigenvalue weighted by Gasteiger charge is -2.33. The standard InChI is InChI=1S/C28H33N3O6S/c1-27(2,19-29)20-30-25-12-11-23(16-24(25)28(26(30)32)36-14-7-15-37-28)38(33,34)31-13-6-10-22(31)18-35-17-21-8-4-3-5-9-21/h3-5,8-9,11-12,16,22H,6-7,10,13-15,17-18,20H2,1-2H3/t22-/m0/s1. The number of carbonyl (C=O) groups is 1. The molecule has 38 heavy (non-hydrogen) atoms. The van der Waals surface area contributed by atoms with E-state index >= 15 is 0 Å². The molecular formula is C28H33N3O6S. The van der Waals surface area contributed by atoms with Gasteiger partial charge in [0.1, 0.15) is 0 Å². The van der Waals surface area contributed by atoms with E-state index in [9.17, 15) is 18.5 Å². The molecule has 202 valence electrons. The van der Waals surface area contributed by atoms with Crippen molar-refractivity contribution in [2.24, 2.45) is 5.41 Å². The molecule has 0 aliphatic carbocycles. The lowest BCUT2D eigenvalue weighted by atomic mass is 9.95. The van der Waals surface area contributed by atoms with Crippen LogP contribution >= 0.6 is 0 Å². The van der Waals surface area contributed by atoms with Crippen molar-refractivity contribution < 1.29 is 27.4 Å². The van der Waals surface area contributed by atoms with Crippen LogP contribution in [0, 0.1) is 16.7 Å². The van der Waals surface area contributed by atoms with E-state index in [2.05, 4.69) is 6.07 Å². The summed E-state index contributed by atoms with van der Waals surface area (Å²) in [5, 5.41) is 9.57. The lowest BCUT2D eigenvalue weighted by Crippen LogP contribution is -2.49. The highest BCUT2D eigenvalue weighted by atomic mass is 32.2. The van der Waals surface area contributed by atoms with Gasteiger partial charge in [-0.15, -0.1) is 0 Å². The summed E-state index contributed by atoms with van der Waals surface area (Å²) in [6.45, 7) is 5.36. The zero-order valence-corrected chi connectivity index (χ0v) is 22.6. The van der Waals surface area contributed by atoms with Crippen molar-refractivity contribution >= 4 is 21.6 Å². The number of rotatable bonds is 8. The van der Waals surface area contributed by atoms with Crippen LogP contribution in [0.3, 0.4) is 0 Å². The van der Waals surface area contributed by atoms with Crippen molar-refractivity contribution in [2.75, 3.05) is 37.8 Å². The molecule has 0 N–H and O–H groups in total. The Morgan fingerprint density at radius 2 is 1.87 bits per heavy atom. The van der Waals surface area contributed by atoms with Crippen LogP contribution < -0.4 is 4.90 Å². The van der Waals surface area contributed by atoms with Gasteiger partial charge in [0.25, 0.3) is 11.7 Å². The Morgan fingerprint density at radius 1 is 1.13 bits per heavy atom. The molecule has 2 aromatic carbocycles. The van der Waals surface area contributed by atoms with Crippen LogP contribution in [0.25, 0.3) is 0 Å². The van der Waals surface area contributed by atoms with Crippen molar-refractivity contribution in [1.29, 1.82) is 5.26 Å². The fourth-order valence-corrected chi connectivity index (χ4v) is 7.00. The SMILES string of the molecule is CC(C)(C#N)CN1C(=O)C2(OCCCO2)c2cc(S(=O)(=O)N3CCC[C@H]3COCc3ccccc3)ccc21. The highest BCUT2D eigenvalue weighted by Gasteiger charge is 2.56. The molecule has 10 heteroatoms. The molecule has 3 aliphatic rings. The summed E-state index contributed by atoms with van der Waals surface area (Å²) in [5.41, 5.74) is 1.09. The molecule has 3 aliphatic heterocycles. The van der Waals surface area contributed by atoms with E-state index in [1.165, 1.54) is 21.3 Å². The van der Waals surface area contributed by atoms with Crippen LogP contribution in [0.5, 0.6) is 0 Å². The number of fused-ring (bicyclic) bond motifs is 2. The molecule has 9 nitrogen and oxygen atoms in total. The number of amides is 1. The van der Waals surface area contributed by atoms with E-state index in [0.717, 1.165) is 12.0 Å². The van der Waals surface area contributed by atoms with Gasteiger partial charge in [-0.1, -0.05) is 30.3 Å². The number of nitrogens with zero attached hydrogens (tertiary/aromatic N) is 3.